The van der Waals surface area contributed by atoms with Gasteiger partial charge in [0.1, 0.15) is 12.1 Å². The van der Waals surface area contributed by atoms with Crippen LogP contribution in [0, 0.1) is 12.3 Å². The third kappa shape index (κ3) is 2.38. The van der Waals surface area contributed by atoms with E-state index in [2.05, 4.69) is 21.2 Å². The van der Waals surface area contributed by atoms with Crippen LogP contribution < -0.4 is 5.32 Å². The molecule has 18 heavy (non-hydrogen) atoms. The second kappa shape index (κ2) is 5.15. The molecule has 5 nitrogen and oxygen atoms in total. The molecule has 2 N–H and O–H groups in total. The number of rotatable bonds is 4. The fraction of sp³-hybridized carbons (Fsp3) is 0.154. The van der Waals surface area contributed by atoms with E-state index in [1.165, 1.54) is 18.5 Å². The molecule has 5 heteroatoms. The molecular weight excluding hydrogens is 230 g/mol. The molecule has 0 fully saturated rings. The van der Waals surface area contributed by atoms with Crippen LogP contribution in [0.25, 0.3) is 10.9 Å². The molecule has 2 rings (SSSR count). The van der Waals surface area contributed by atoms with Gasteiger partial charge in [0, 0.05) is 18.4 Å². The molecule has 0 bridgehead atoms. The maximum atomic E-state index is 10.9. The van der Waals surface area contributed by atoms with Crippen LogP contribution in [0.5, 0.6) is 0 Å². The van der Waals surface area contributed by atoms with Gasteiger partial charge in [-0.15, -0.1) is 12.3 Å². The number of nitrogens with one attached hydrogen (secondary N) is 1. The van der Waals surface area contributed by atoms with Crippen molar-refractivity contribution in [2.75, 3.05) is 11.9 Å². The minimum absolute atomic E-state index is 0.204. The Bertz CT molecular complexity index is 632. The summed E-state index contributed by atoms with van der Waals surface area (Å²) in [6.07, 6.45) is 7.16. The van der Waals surface area contributed by atoms with Crippen molar-refractivity contribution in [1.29, 1.82) is 0 Å². The highest BCUT2D eigenvalue weighted by molar-refractivity contribution is 5.96. The van der Waals surface area contributed by atoms with Crippen molar-refractivity contribution in [3.05, 3.63) is 30.1 Å². The van der Waals surface area contributed by atoms with Crippen LogP contribution >= 0.6 is 0 Å². The van der Waals surface area contributed by atoms with Crippen LogP contribution in [0.15, 0.2) is 24.5 Å². The minimum Gasteiger partial charge on any atom is -0.478 e. The second-order valence-electron chi connectivity index (χ2n) is 3.64. The third-order valence-electron chi connectivity index (χ3n) is 2.45. The zero-order valence-corrected chi connectivity index (χ0v) is 9.55. The van der Waals surface area contributed by atoms with Gasteiger partial charge in [0.25, 0.3) is 0 Å². The van der Waals surface area contributed by atoms with Crippen LogP contribution in [0.1, 0.15) is 16.8 Å². The van der Waals surface area contributed by atoms with E-state index in [9.17, 15) is 4.79 Å². The number of hydrogen-bond donors (Lipinski definition) is 2. The van der Waals surface area contributed by atoms with Crippen molar-refractivity contribution in [3.8, 4) is 12.3 Å². The van der Waals surface area contributed by atoms with Crippen molar-refractivity contribution in [3.63, 3.8) is 0 Å². The fourth-order valence-electron chi connectivity index (χ4n) is 1.58. The Balaban J connectivity index is 2.38. The largest absolute Gasteiger partial charge is 0.478 e. The molecule has 0 radical (unpaired) electrons. The summed E-state index contributed by atoms with van der Waals surface area (Å²) in [5.41, 5.74) is 0.795. The van der Waals surface area contributed by atoms with E-state index in [-0.39, 0.29) is 5.56 Å². The van der Waals surface area contributed by atoms with Gasteiger partial charge in [-0.25, -0.2) is 14.8 Å². The van der Waals surface area contributed by atoms with E-state index in [4.69, 9.17) is 11.5 Å². The monoisotopic (exact) mass is 241 g/mol. The lowest BCUT2D eigenvalue weighted by Crippen LogP contribution is -2.04. The fourth-order valence-corrected chi connectivity index (χ4v) is 1.58. The van der Waals surface area contributed by atoms with E-state index >= 15 is 0 Å². The molecule has 1 aromatic carbocycles. The Hall–Kier alpha value is -2.61. The summed E-state index contributed by atoms with van der Waals surface area (Å²) >= 11 is 0. The second-order valence-corrected chi connectivity index (χ2v) is 3.64. The number of benzene rings is 1. The number of aromatic carboxylic acids is 1. The predicted molar refractivity (Wildman–Crippen MR) is 68.4 cm³/mol. The molecule has 2 aromatic rings. The van der Waals surface area contributed by atoms with Crippen molar-refractivity contribution < 1.29 is 9.90 Å². The van der Waals surface area contributed by atoms with E-state index in [0.717, 1.165) is 5.39 Å². The van der Waals surface area contributed by atoms with Crippen molar-refractivity contribution in [2.24, 2.45) is 0 Å². The number of aromatic nitrogens is 2. The summed E-state index contributed by atoms with van der Waals surface area (Å²) < 4.78 is 0. The lowest BCUT2D eigenvalue weighted by atomic mass is 10.1. The Morgan fingerprint density at radius 1 is 1.44 bits per heavy atom. The lowest BCUT2D eigenvalue weighted by molar-refractivity contribution is 0.0697. The molecular formula is C13H11N3O2. The zero-order chi connectivity index (χ0) is 13.0. The topological polar surface area (TPSA) is 75.1 Å². The number of nitrogens with zero attached hydrogens (tertiary/aromatic N) is 2. The smallest absolute Gasteiger partial charge is 0.335 e. The molecule has 0 aliphatic heterocycles. The van der Waals surface area contributed by atoms with Crippen LogP contribution in [0.4, 0.5) is 5.82 Å². The van der Waals surface area contributed by atoms with Gasteiger partial charge in [0.05, 0.1) is 11.1 Å². The van der Waals surface area contributed by atoms with Crippen LogP contribution in [0.2, 0.25) is 0 Å². The number of carboxylic acids is 1. The Morgan fingerprint density at radius 3 is 3.00 bits per heavy atom. The van der Waals surface area contributed by atoms with Gasteiger partial charge in [0.15, 0.2) is 0 Å². The zero-order valence-electron chi connectivity index (χ0n) is 9.55. The average molecular weight is 241 g/mol. The van der Waals surface area contributed by atoms with Gasteiger partial charge in [0.2, 0.25) is 0 Å². The maximum Gasteiger partial charge on any atom is 0.335 e. The summed E-state index contributed by atoms with van der Waals surface area (Å²) in [6.45, 7) is 0.614. The summed E-state index contributed by atoms with van der Waals surface area (Å²) in [5.74, 6) is 2.21. The molecule has 1 heterocycles. The number of carbonyl (C=O) groups is 1. The maximum absolute atomic E-state index is 10.9. The Kier molecular flexibility index (Phi) is 3.39. The molecule has 0 aliphatic rings. The summed E-state index contributed by atoms with van der Waals surface area (Å²) in [5, 5.41) is 12.8. The summed E-state index contributed by atoms with van der Waals surface area (Å²) in [4.78, 5) is 19.0. The van der Waals surface area contributed by atoms with Gasteiger partial charge in [-0.1, -0.05) is 0 Å². The van der Waals surface area contributed by atoms with E-state index in [1.54, 1.807) is 6.07 Å². The first kappa shape index (κ1) is 11.9. The van der Waals surface area contributed by atoms with Gasteiger partial charge in [-0.2, -0.15) is 0 Å². The van der Waals surface area contributed by atoms with Crippen molar-refractivity contribution in [1.82, 2.24) is 9.97 Å². The number of carboxylic acid groups (broad SMARTS) is 1. The van der Waals surface area contributed by atoms with Gasteiger partial charge in [-0.3, -0.25) is 0 Å². The first-order chi connectivity index (χ1) is 8.72. The molecule has 0 spiro atoms. The third-order valence-corrected chi connectivity index (χ3v) is 2.45. The van der Waals surface area contributed by atoms with E-state index in [0.29, 0.717) is 24.3 Å². The molecule has 0 unspecified atom stereocenters. The van der Waals surface area contributed by atoms with E-state index < -0.39 is 5.97 Å². The molecule has 0 amide bonds. The van der Waals surface area contributed by atoms with Crippen molar-refractivity contribution >= 4 is 22.7 Å². The summed E-state index contributed by atoms with van der Waals surface area (Å²) in [6, 6.07) is 4.74. The normalized spacial score (nSPS) is 9.94. The highest BCUT2D eigenvalue weighted by Crippen LogP contribution is 2.20. The highest BCUT2D eigenvalue weighted by Gasteiger charge is 2.07. The molecule has 0 atom stereocenters. The predicted octanol–water partition coefficient (Wildman–Crippen LogP) is 1.76. The van der Waals surface area contributed by atoms with Gasteiger partial charge in [-0.05, 0) is 18.2 Å². The first-order valence-corrected chi connectivity index (χ1v) is 5.38. The van der Waals surface area contributed by atoms with Crippen LogP contribution in [-0.2, 0) is 0 Å². The SMILES string of the molecule is C#CCCNc1ncnc2cc(C(=O)O)ccc12. The Morgan fingerprint density at radius 2 is 2.28 bits per heavy atom. The van der Waals surface area contributed by atoms with Crippen LogP contribution in [0.3, 0.4) is 0 Å². The summed E-state index contributed by atoms with van der Waals surface area (Å²) in [7, 11) is 0. The molecule has 0 saturated heterocycles. The number of anilines is 1. The molecule has 90 valence electrons. The van der Waals surface area contributed by atoms with Gasteiger partial charge >= 0.3 is 5.97 Å². The van der Waals surface area contributed by atoms with Crippen LogP contribution in [-0.4, -0.2) is 27.6 Å². The molecule has 1 aromatic heterocycles. The number of hydrogen-bond acceptors (Lipinski definition) is 4. The molecule has 0 saturated carbocycles. The molecule has 0 aliphatic carbocycles. The number of terminal acetylenes is 1. The number of fused-ring (bicyclic) bond motifs is 1. The highest BCUT2D eigenvalue weighted by atomic mass is 16.4. The van der Waals surface area contributed by atoms with E-state index in [1.807, 2.05) is 0 Å². The minimum atomic E-state index is -0.975. The standard InChI is InChI=1S/C13H11N3O2/c1-2-3-6-14-12-10-5-4-9(13(17)18)7-11(10)15-8-16-12/h1,4-5,7-8H,3,6H2,(H,17,18)(H,14,15,16). The van der Waals surface area contributed by atoms with Crippen molar-refractivity contribution in [2.45, 2.75) is 6.42 Å². The Labute approximate surface area is 104 Å². The van der Waals surface area contributed by atoms with Gasteiger partial charge < -0.3 is 10.4 Å². The lowest BCUT2D eigenvalue weighted by Gasteiger charge is -2.07. The quantitative estimate of drug-likeness (QED) is 0.630. The first-order valence-electron chi connectivity index (χ1n) is 5.38. The average Bonchev–Trinajstić information content (AvgIpc) is 2.38.